The fourth-order valence-electron chi connectivity index (χ4n) is 3.52. The van der Waals surface area contributed by atoms with E-state index in [1.165, 1.54) is 0 Å². The lowest BCUT2D eigenvalue weighted by Gasteiger charge is -2.25. The summed E-state index contributed by atoms with van der Waals surface area (Å²) in [6, 6.07) is 15.3. The number of fused-ring (bicyclic) bond motifs is 1. The summed E-state index contributed by atoms with van der Waals surface area (Å²) < 4.78 is 1.82. The van der Waals surface area contributed by atoms with E-state index in [-0.39, 0.29) is 11.5 Å². The van der Waals surface area contributed by atoms with E-state index in [2.05, 4.69) is 19.2 Å². The minimum atomic E-state index is -0.0295. The molecule has 1 heterocycles. The van der Waals surface area contributed by atoms with Crippen LogP contribution in [-0.2, 0) is 6.54 Å². The van der Waals surface area contributed by atoms with Gasteiger partial charge in [-0.25, -0.2) is 4.98 Å². The molecule has 0 bridgehead atoms. The molecule has 0 aliphatic rings. The highest BCUT2D eigenvalue weighted by Gasteiger charge is 2.23. The summed E-state index contributed by atoms with van der Waals surface area (Å²) in [5.74, 6) is 1.20. The van der Waals surface area contributed by atoms with Crippen LogP contribution < -0.4 is 16.6 Å². The van der Waals surface area contributed by atoms with Gasteiger partial charge in [0.1, 0.15) is 5.82 Å². The average molecular weight is 413 g/mol. The maximum atomic E-state index is 13.4. The number of aromatic nitrogens is 2. The summed E-state index contributed by atoms with van der Waals surface area (Å²) in [5, 5.41) is 4.65. The summed E-state index contributed by atoms with van der Waals surface area (Å²) in [6.45, 7) is 7.07. The number of hydrogen-bond donors (Lipinski definition) is 2. The molecule has 0 saturated heterocycles. The van der Waals surface area contributed by atoms with Gasteiger partial charge >= 0.3 is 0 Å². The molecular formula is C23H29ClN4O. The van der Waals surface area contributed by atoms with Gasteiger partial charge in [-0.15, -0.1) is 0 Å². The zero-order valence-electron chi connectivity index (χ0n) is 17.1. The van der Waals surface area contributed by atoms with E-state index in [4.69, 9.17) is 22.3 Å². The summed E-state index contributed by atoms with van der Waals surface area (Å²) in [5.41, 5.74) is 7.30. The Morgan fingerprint density at radius 1 is 1.17 bits per heavy atom. The van der Waals surface area contributed by atoms with Crippen LogP contribution >= 0.6 is 11.6 Å². The molecule has 0 radical (unpaired) electrons. The Morgan fingerprint density at radius 3 is 2.62 bits per heavy atom. The van der Waals surface area contributed by atoms with Gasteiger partial charge in [-0.1, -0.05) is 55.8 Å². The largest absolute Gasteiger partial charge is 0.330 e. The van der Waals surface area contributed by atoms with Crippen molar-refractivity contribution in [1.82, 2.24) is 14.9 Å². The lowest BCUT2D eigenvalue weighted by Crippen LogP contribution is -2.34. The van der Waals surface area contributed by atoms with Crippen LogP contribution in [0.15, 0.2) is 53.3 Å². The first-order chi connectivity index (χ1) is 14.0. The number of nitrogens with two attached hydrogens (primary N) is 1. The van der Waals surface area contributed by atoms with Crippen molar-refractivity contribution in [3.05, 3.63) is 75.3 Å². The first kappa shape index (κ1) is 21.5. The van der Waals surface area contributed by atoms with Crippen molar-refractivity contribution in [2.45, 2.75) is 32.7 Å². The molecule has 0 aliphatic carbocycles. The molecule has 1 atom stereocenters. The molecular weight excluding hydrogens is 384 g/mol. The van der Waals surface area contributed by atoms with E-state index in [1.807, 2.05) is 34.9 Å². The average Bonchev–Trinajstić information content (AvgIpc) is 2.70. The second-order valence-corrected chi connectivity index (χ2v) is 8.14. The van der Waals surface area contributed by atoms with Gasteiger partial charge in [-0.2, -0.15) is 0 Å². The molecule has 0 aliphatic heterocycles. The predicted octanol–water partition coefficient (Wildman–Crippen LogP) is 3.78. The number of hydrogen-bond acceptors (Lipinski definition) is 4. The SMILES string of the molecule is CC(C)C(CNCCCN)c1nc2cc(Cl)ccc2c(=O)n1Cc1ccccc1. The van der Waals surface area contributed by atoms with Crippen molar-refractivity contribution >= 4 is 22.5 Å². The third-order valence-corrected chi connectivity index (χ3v) is 5.42. The fourth-order valence-corrected chi connectivity index (χ4v) is 3.69. The molecule has 3 aromatic rings. The Hall–Kier alpha value is -2.21. The molecule has 2 aromatic carbocycles. The van der Waals surface area contributed by atoms with Crippen LogP contribution in [0.5, 0.6) is 0 Å². The Kier molecular flexibility index (Phi) is 7.42. The molecule has 1 unspecified atom stereocenters. The van der Waals surface area contributed by atoms with Crippen molar-refractivity contribution < 1.29 is 0 Å². The van der Waals surface area contributed by atoms with E-state index in [1.54, 1.807) is 18.2 Å². The lowest BCUT2D eigenvalue weighted by molar-refractivity contribution is 0.424. The van der Waals surface area contributed by atoms with Crippen LogP contribution in [-0.4, -0.2) is 29.2 Å². The number of rotatable bonds is 9. The Morgan fingerprint density at radius 2 is 1.93 bits per heavy atom. The Balaban J connectivity index is 2.10. The predicted molar refractivity (Wildman–Crippen MR) is 121 cm³/mol. The van der Waals surface area contributed by atoms with Crippen LogP contribution in [0.4, 0.5) is 0 Å². The zero-order chi connectivity index (χ0) is 20.8. The molecule has 3 N–H and O–H groups in total. The zero-order valence-corrected chi connectivity index (χ0v) is 17.8. The maximum Gasteiger partial charge on any atom is 0.261 e. The third kappa shape index (κ3) is 5.24. The molecule has 0 fully saturated rings. The Labute approximate surface area is 176 Å². The topological polar surface area (TPSA) is 72.9 Å². The number of nitrogens with zero attached hydrogens (tertiary/aromatic N) is 2. The standard InChI is InChI=1S/C23H29ClN4O/c1-16(2)20(14-26-12-6-11-25)22-27-21-13-18(24)9-10-19(21)23(29)28(22)15-17-7-4-3-5-8-17/h3-5,7-10,13,16,20,26H,6,11-12,14-15,25H2,1-2H3. The van der Waals surface area contributed by atoms with Gasteiger partial charge in [0.2, 0.25) is 0 Å². The first-order valence-electron chi connectivity index (χ1n) is 10.2. The van der Waals surface area contributed by atoms with Gasteiger partial charge in [-0.3, -0.25) is 9.36 Å². The second-order valence-electron chi connectivity index (χ2n) is 7.71. The normalized spacial score (nSPS) is 12.6. The van der Waals surface area contributed by atoms with Crippen LogP contribution in [0, 0.1) is 5.92 Å². The smallest absolute Gasteiger partial charge is 0.261 e. The quantitative estimate of drug-likeness (QED) is 0.524. The van der Waals surface area contributed by atoms with Crippen LogP contribution in [0.2, 0.25) is 5.02 Å². The molecule has 29 heavy (non-hydrogen) atoms. The van der Waals surface area contributed by atoms with Gasteiger partial charge in [0.05, 0.1) is 17.4 Å². The molecule has 6 heteroatoms. The highest BCUT2D eigenvalue weighted by Crippen LogP contribution is 2.25. The summed E-state index contributed by atoms with van der Waals surface area (Å²) in [4.78, 5) is 18.3. The summed E-state index contributed by atoms with van der Waals surface area (Å²) in [7, 11) is 0. The molecule has 0 amide bonds. The van der Waals surface area contributed by atoms with Crippen molar-refractivity contribution in [3.8, 4) is 0 Å². The maximum absolute atomic E-state index is 13.4. The van der Waals surface area contributed by atoms with Gasteiger partial charge in [0.15, 0.2) is 0 Å². The van der Waals surface area contributed by atoms with E-state index in [9.17, 15) is 4.79 Å². The lowest BCUT2D eigenvalue weighted by atomic mass is 9.94. The fraction of sp³-hybridized carbons (Fsp3) is 0.391. The van der Waals surface area contributed by atoms with Gasteiger partial charge in [0.25, 0.3) is 5.56 Å². The minimum absolute atomic E-state index is 0.0295. The monoisotopic (exact) mass is 412 g/mol. The van der Waals surface area contributed by atoms with E-state index in [0.717, 1.165) is 30.9 Å². The van der Waals surface area contributed by atoms with Gasteiger partial charge < -0.3 is 11.1 Å². The van der Waals surface area contributed by atoms with Crippen LogP contribution in [0.25, 0.3) is 10.9 Å². The molecule has 0 saturated carbocycles. The summed E-state index contributed by atoms with van der Waals surface area (Å²) in [6.07, 6.45) is 0.919. The number of benzene rings is 2. The van der Waals surface area contributed by atoms with Crippen LogP contribution in [0.3, 0.4) is 0 Å². The highest BCUT2D eigenvalue weighted by molar-refractivity contribution is 6.31. The van der Waals surface area contributed by atoms with Gasteiger partial charge in [-0.05, 0) is 49.2 Å². The van der Waals surface area contributed by atoms with Crippen molar-refractivity contribution in [2.24, 2.45) is 11.7 Å². The second kappa shape index (κ2) is 10.0. The molecule has 5 nitrogen and oxygen atoms in total. The van der Waals surface area contributed by atoms with E-state index >= 15 is 0 Å². The minimum Gasteiger partial charge on any atom is -0.330 e. The van der Waals surface area contributed by atoms with Crippen molar-refractivity contribution in [3.63, 3.8) is 0 Å². The van der Waals surface area contributed by atoms with Crippen LogP contribution in [0.1, 0.15) is 37.6 Å². The molecule has 0 spiro atoms. The summed E-state index contributed by atoms with van der Waals surface area (Å²) >= 11 is 6.18. The highest BCUT2D eigenvalue weighted by atomic mass is 35.5. The Bertz CT molecular complexity index is 1000. The molecule has 154 valence electrons. The van der Waals surface area contributed by atoms with Crippen molar-refractivity contribution in [1.29, 1.82) is 0 Å². The third-order valence-electron chi connectivity index (χ3n) is 5.19. The molecule has 3 rings (SSSR count). The number of halogens is 1. The number of nitrogens with one attached hydrogen (secondary N) is 1. The van der Waals surface area contributed by atoms with E-state index in [0.29, 0.717) is 34.9 Å². The van der Waals surface area contributed by atoms with Crippen molar-refractivity contribution in [2.75, 3.05) is 19.6 Å². The molecule has 1 aromatic heterocycles. The van der Waals surface area contributed by atoms with Gasteiger partial charge in [0, 0.05) is 17.5 Å². The van der Waals surface area contributed by atoms with E-state index < -0.39 is 0 Å². The first-order valence-corrected chi connectivity index (χ1v) is 10.5.